The maximum absolute atomic E-state index is 2.00. The lowest BCUT2D eigenvalue weighted by molar-refractivity contribution is 1.50. The summed E-state index contributed by atoms with van der Waals surface area (Å²) in [5.41, 5.74) is 0. The maximum atomic E-state index is 2.00. The zero-order valence-corrected chi connectivity index (χ0v) is 7.15. The molecule has 0 aromatic heterocycles. The molecule has 0 spiro atoms. The molecule has 0 fully saturated rings. The molecule has 2 heteroatoms. The molecule has 0 saturated heterocycles. The van der Waals surface area contributed by atoms with Gasteiger partial charge in [0.25, 0.3) is 0 Å². The lowest BCUT2D eigenvalue weighted by Gasteiger charge is -1.07. The van der Waals surface area contributed by atoms with E-state index in [1.165, 1.54) is 0 Å². The van der Waals surface area contributed by atoms with Crippen LogP contribution < -0.4 is 0 Å². The van der Waals surface area contributed by atoms with Gasteiger partial charge in [-0.3, -0.25) is 0 Å². The molecule has 0 heterocycles. The average molecular weight is 112 g/mol. The summed E-state index contributed by atoms with van der Waals surface area (Å²) in [6.07, 6.45) is 0. The SMILES string of the molecule is CC.CC.CC.[B].[B]. The van der Waals surface area contributed by atoms with E-state index in [-0.39, 0.29) is 16.8 Å². The van der Waals surface area contributed by atoms with Crippen molar-refractivity contribution in [1.29, 1.82) is 0 Å². The van der Waals surface area contributed by atoms with Crippen molar-refractivity contribution in [2.45, 2.75) is 41.5 Å². The van der Waals surface area contributed by atoms with Gasteiger partial charge < -0.3 is 0 Å². The Morgan fingerprint density at radius 3 is 0.375 bits per heavy atom. The van der Waals surface area contributed by atoms with E-state index >= 15 is 0 Å². The molecule has 0 saturated carbocycles. The second kappa shape index (κ2) is 15900. The summed E-state index contributed by atoms with van der Waals surface area (Å²) >= 11 is 0. The van der Waals surface area contributed by atoms with E-state index in [4.69, 9.17) is 0 Å². The van der Waals surface area contributed by atoms with Crippen molar-refractivity contribution in [3.05, 3.63) is 0 Å². The zero-order chi connectivity index (χ0) is 6.00. The van der Waals surface area contributed by atoms with Crippen molar-refractivity contribution in [2.75, 3.05) is 0 Å². The maximum Gasteiger partial charge on any atom is 0 e. The van der Waals surface area contributed by atoms with Crippen molar-refractivity contribution >= 4 is 16.8 Å². The van der Waals surface area contributed by atoms with Crippen molar-refractivity contribution < 1.29 is 0 Å². The molecule has 8 heavy (non-hydrogen) atoms. The minimum absolute atomic E-state index is 0. The van der Waals surface area contributed by atoms with Crippen LogP contribution in [0.2, 0.25) is 0 Å². The lowest BCUT2D eigenvalue weighted by atomic mass is 10.8. The van der Waals surface area contributed by atoms with Crippen LogP contribution in [-0.2, 0) is 0 Å². The lowest BCUT2D eigenvalue weighted by Crippen LogP contribution is -0.856. The third-order valence-electron chi connectivity index (χ3n) is 0. The largest absolute Gasteiger partial charge is 0.0683 e. The Labute approximate surface area is 59.2 Å². The minimum atomic E-state index is 0. The van der Waals surface area contributed by atoms with Crippen LogP contribution in [0.1, 0.15) is 41.5 Å². The molecule has 6 radical (unpaired) electrons. The molecule has 0 atom stereocenters. The Hall–Kier alpha value is 0.130. The molecule has 0 aromatic rings. The van der Waals surface area contributed by atoms with Gasteiger partial charge in [-0.15, -0.1) is 0 Å². The van der Waals surface area contributed by atoms with E-state index < -0.39 is 0 Å². The molecule has 0 N–H and O–H groups in total. The standard InChI is InChI=1S/3C2H6.2B/c3*1-2;;/h3*1-2H3;;. The topological polar surface area (TPSA) is 0 Å². The highest BCUT2D eigenvalue weighted by Crippen LogP contribution is 1.15. The van der Waals surface area contributed by atoms with E-state index in [0.717, 1.165) is 0 Å². The van der Waals surface area contributed by atoms with E-state index in [9.17, 15) is 0 Å². The average Bonchev–Trinajstić information content (AvgIpc) is 1.81. The molecule has 0 aliphatic carbocycles. The van der Waals surface area contributed by atoms with E-state index in [1.54, 1.807) is 0 Å². The minimum Gasteiger partial charge on any atom is -0.0683 e. The fraction of sp³-hybridized carbons (Fsp3) is 1.00. The summed E-state index contributed by atoms with van der Waals surface area (Å²) in [5, 5.41) is 0. The first-order valence-electron chi connectivity index (χ1n) is 3.00. The fourth-order valence-electron chi connectivity index (χ4n) is 0. The Bertz CT molecular complexity index is 6.49. The summed E-state index contributed by atoms with van der Waals surface area (Å²) in [4.78, 5) is 0. The van der Waals surface area contributed by atoms with Gasteiger partial charge in [0.2, 0.25) is 0 Å². The first-order valence-corrected chi connectivity index (χ1v) is 3.00. The van der Waals surface area contributed by atoms with Gasteiger partial charge in [0, 0.05) is 16.8 Å². The zero-order valence-electron chi connectivity index (χ0n) is 7.15. The van der Waals surface area contributed by atoms with Gasteiger partial charge in [0.15, 0.2) is 0 Å². The molecule has 0 aliphatic heterocycles. The van der Waals surface area contributed by atoms with Crippen LogP contribution >= 0.6 is 0 Å². The van der Waals surface area contributed by atoms with Crippen LogP contribution in [0.5, 0.6) is 0 Å². The summed E-state index contributed by atoms with van der Waals surface area (Å²) < 4.78 is 0. The summed E-state index contributed by atoms with van der Waals surface area (Å²) in [6.45, 7) is 12.0. The normalized spacial score (nSPS) is 2.25. The van der Waals surface area contributed by atoms with Crippen LogP contribution in [0, 0.1) is 0 Å². The van der Waals surface area contributed by atoms with Gasteiger partial charge >= 0.3 is 0 Å². The number of hydrogen-bond donors (Lipinski definition) is 0. The van der Waals surface area contributed by atoms with Gasteiger partial charge in [-0.05, 0) is 0 Å². The van der Waals surface area contributed by atoms with Gasteiger partial charge in [-0.25, -0.2) is 0 Å². The molecule has 0 amide bonds. The second-order valence-electron chi connectivity index (χ2n) is 0. The van der Waals surface area contributed by atoms with Gasteiger partial charge in [-0.1, -0.05) is 41.5 Å². The molecular weight excluding hydrogens is 93.7 g/mol. The molecular formula is C6H18B2. The monoisotopic (exact) mass is 112 g/mol. The van der Waals surface area contributed by atoms with Crippen LogP contribution in [0.15, 0.2) is 0 Å². The van der Waals surface area contributed by atoms with Gasteiger partial charge in [-0.2, -0.15) is 0 Å². The van der Waals surface area contributed by atoms with E-state index in [0.29, 0.717) is 0 Å². The first kappa shape index (κ1) is 42.2. The Balaban J connectivity index is -0.00000000500. The smallest absolute Gasteiger partial charge is 0 e. The van der Waals surface area contributed by atoms with Gasteiger partial charge in [0.05, 0.1) is 0 Å². The third kappa shape index (κ3) is 9560. The van der Waals surface area contributed by atoms with Crippen LogP contribution in [0.4, 0.5) is 0 Å². The van der Waals surface area contributed by atoms with Gasteiger partial charge in [0.1, 0.15) is 0 Å². The Morgan fingerprint density at radius 1 is 0.375 bits per heavy atom. The second-order valence-corrected chi connectivity index (χ2v) is 0. The highest BCUT2D eigenvalue weighted by Gasteiger charge is 0.936. The summed E-state index contributed by atoms with van der Waals surface area (Å²) in [5.74, 6) is 0. The highest BCUT2D eigenvalue weighted by atomic mass is 13.0. The molecule has 0 bridgehead atoms. The predicted octanol–water partition coefficient (Wildman–Crippen LogP) is 2.32. The van der Waals surface area contributed by atoms with Crippen molar-refractivity contribution in [3.63, 3.8) is 0 Å². The van der Waals surface area contributed by atoms with Crippen molar-refractivity contribution in [2.24, 2.45) is 0 Å². The molecule has 0 aliphatic rings. The quantitative estimate of drug-likeness (QED) is 0.421. The van der Waals surface area contributed by atoms with E-state index in [1.807, 2.05) is 41.5 Å². The van der Waals surface area contributed by atoms with E-state index in [2.05, 4.69) is 0 Å². The Morgan fingerprint density at radius 2 is 0.375 bits per heavy atom. The van der Waals surface area contributed by atoms with Crippen LogP contribution in [0.3, 0.4) is 0 Å². The molecule has 0 unspecified atom stereocenters. The van der Waals surface area contributed by atoms with Crippen LogP contribution in [-0.4, -0.2) is 16.8 Å². The van der Waals surface area contributed by atoms with Crippen molar-refractivity contribution in [3.8, 4) is 0 Å². The fourth-order valence-corrected chi connectivity index (χ4v) is 0. The summed E-state index contributed by atoms with van der Waals surface area (Å²) in [7, 11) is 0. The third-order valence-corrected chi connectivity index (χ3v) is 0. The summed E-state index contributed by atoms with van der Waals surface area (Å²) in [6, 6.07) is 0. The Kier molecular flexibility index (Phi) is 83800. The molecule has 0 nitrogen and oxygen atoms in total. The van der Waals surface area contributed by atoms with Crippen molar-refractivity contribution in [1.82, 2.24) is 0 Å². The number of hydrogen-bond acceptors (Lipinski definition) is 0. The predicted molar refractivity (Wildman–Crippen MR) is 45.6 cm³/mol. The highest BCUT2D eigenvalue weighted by molar-refractivity contribution is 5.76. The number of rotatable bonds is 0. The molecule has 48 valence electrons. The molecule has 0 rings (SSSR count). The first-order chi connectivity index (χ1) is 3.00. The van der Waals surface area contributed by atoms with Crippen LogP contribution in [0.25, 0.3) is 0 Å². The molecule has 0 aromatic carbocycles.